The molecule has 0 aliphatic carbocycles. The van der Waals surface area contributed by atoms with Crippen LogP contribution >= 0.6 is 0 Å². The molecule has 0 radical (unpaired) electrons. The van der Waals surface area contributed by atoms with Crippen molar-refractivity contribution in [2.75, 3.05) is 7.05 Å². The second-order valence-electron chi connectivity index (χ2n) is 6.21. The largest absolute Gasteiger partial charge is 0.412 e. The molecular weight excluding hydrogens is 376 g/mol. The highest BCUT2D eigenvalue weighted by Crippen LogP contribution is 2.28. The molecule has 7 heteroatoms. The molecule has 29 heavy (non-hydrogen) atoms. The molecular formula is C22H17F2N3O2. The molecule has 0 bridgehead atoms. The fourth-order valence-corrected chi connectivity index (χ4v) is 3.10. The lowest BCUT2D eigenvalue weighted by molar-refractivity contribution is 0.626. The van der Waals surface area contributed by atoms with E-state index in [1.807, 2.05) is 0 Å². The molecule has 4 aromatic rings. The van der Waals surface area contributed by atoms with Gasteiger partial charge in [0.2, 0.25) is 0 Å². The van der Waals surface area contributed by atoms with Crippen LogP contribution in [0.2, 0.25) is 0 Å². The lowest BCUT2D eigenvalue weighted by Crippen LogP contribution is -2.22. The molecule has 4 rings (SSSR count). The van der Waals surface area contributed by atoms with Crippen LogP contribution in [0, 0.1) is 11.6 Å². The van der Waals surface area contributed by atoms with Gasteiger partial charge in [0, 0.05) is 24.2 Å². The van der Waals surface area contributed by atoms with Gasteiger partial charge in [0.05, 0.1) is 11.1 Å². The average molecular weight is 393 g/mol. The van der Waals surface area contributed by atoms with Gasteiger partial charge < -0.3 is 5.48 Å². The number of aromatic nitrogens is 2. The van der Waals surface area contributed by atoms with Gasteiger partial charge in [0.15, 0.2) is 0 Å². The highest BCUT2D eigenvalue weighted by atomic mass is 19.1. The van der Waals surface area contributed by atoms with E-state index in [1.54, 1.807) is 49.7 Å². The van der Waals surface area contributed by atoms with Crippen molar-refractivity contribution in [2.45, 2.75) is 0 Å². The summed E-state index contributed by atoms with van der Waals surface area (Å²) in [5.74, 6) is -0.892. The van der Waals surface area contributed by atoms with Gasteiger partial charge in [-0.1, -0.05) is 24.3 Å². The van der Waals surface area contributed by atoms with Crippen LogP contribution in [0.15, 0.2) is 76.5 Å². The van der Waals surface area contributed by atoms with Crippen LogP contribution in [0.1, 0.15) is 5.56 Å². The molecule has 0 saturated heterocycles. The van der Waals surface area contributed by atoms with Gasteiger partial charge >= 0.3 is 0 Å². The first-order chi connectivity index (χ1) is 13.6. The van der Waals surface area contributed by atoms with Crippen molar-refractivity contribution in [1.29, 1.82) is 0 Å². The van der Waals surface area contributed by atoms with Gasteiger partial charge in [-0.3, -0.25) is 9.79 Å². The van der Waals surface area contributed by atoms with Crippen LogP contribution in [-0.4, -0.2) is 28.5 Å². The van der Waals surface area contributed by atoms with Gasteiger partial charge in [0.1, 0.15) is 17.3 Å². The number of benzene rings is 3. The molecule has 1 aromatic heterocycles. The van der Waals surface area contributed by atoms with Crippen LogP contribution in [0.5, 0.6) is 0 Å². The van der Waals surface area contributed by atoms with Crippen molar-refractivity contribution >= 4 is 17.0 Å². The summed E-state index contributed by atoms with van der Waals surface area (Å²) in [6.07, 6.45) is 1.55. The zero-order valence-corrected chi connectivity index (χ0v) is 15.4. The van der Waals surface area contributed by atoms with E-state index >= 15 is 0 Å². The Hall–Kier alpha value is -3.71. The van der Waals surface area contributed by atoms with E-state index in [0.717, 1.165) is 4.68 Å². The zero-order chi connectivity index (χ0) is 19.7. The minimum absolute atomic E-state index is 0. The first-order valence-electron chi connectivity index (χ1n) is 8.58. The molecule has 0 unspecified atom stereocenters. The number of halogens is 2. The molecule has 0 aliphatic rings. The molecule has 3 aromatic carbocycles. The van der Waals surface area contributed by atoms with Gasteiger partial charge in [0.25, 0.3) is 5.56 Å². The van der Waals surface area contributed by atoms with Gasteiger partial charge in [-0.05, 0) is 48.0 Å². The number of nitrogens with zero attached hydrogens (tertiary/aromatic N) is 3. The Kier molecular flexibility index (Phi) is 5.61. The van der Waals surface area contributed by atoms with E-state index < -0.39 is 11.6 Å². The Morgan fingerprint density at radius 1 is 0.966 bits per heavy atom. The Morgan fingerprint density at radius 3 is 2.31 bits per heavy atom. The predicted octanol–water partition coefficient (Wildman–Crippen LogP) is 3.55. The van der Waals surface area contributed by atoms with E-state index in [-0.39, 0.29) is 16.6 Å². The number of hydrogen-bond acceptors (Lipinski definition) is 3. The van der Waals surface area contributed by atoms with Crippen LogP contribution in [0.25, 0.3) is 27.7 Å². The monoisotopic (exact) mass is 393 g/mol. The molecule has 0 amide bonds. The number of rotatable bonds is 3. The minimum Gasteiger partial charge on any atom is -0.412 e. The predicted molar refractivity (Wildman–Crippen MR) is 110 cm³/mol. The first-order valence-corrected chi connectivity index (χ1v) is 8.58. The third-order valence-electron chi connectivity index (χ3n) is 4.40. The molecule has 0 atom stereocenters. The van der Waals surface area contributed by atoms with Crippen molar-refractivity contribution in [3.05, 3.63) is 94.3 Å². The maximum atomic E-state index is 14.8. The van der Waals surface area contributed by atoms with Gasteiger partial charge in [-0.15, -0.1) is 0 Å². The number of hydrogen-bond donors (Lipinski definition) is 0. The molecule has 0 spiro atoms. The van der Waals surface area contributed by atoms with Crippen LogP contribution in [0.4, 0.5) is 8.78 Å². The van der Waals surface area contributed by atoms with Crippen molar-refractivity contribution in [1.82, 2.24) is 9.78 Å². The number of aliphatic imine (C=N–C) groups is 1. The Labute approximate surface area is 164 Å². The zero-order valence-electron chi connectivity index (χ0n) is 15.4. The van der Waals surface area contributed by atoms with E-state index in [9.17, 15) is 13.6 Å². The van der Waals surface area contributed by atoms with Crippen molar-refractivity contribution in [2.24, 2.45) is 4.99 Å². The fraction of sp³-hybridized carbons (Fsp3) is 0.0455. The standard InChI is InChI=1S/C22H15F2N3O.H2O/c1-25-13-14-6-11-19(20(24)12-14)21-17-4-2-3-5-18(17)22(28)27(26-21)16-9-7-15(23)8-10-16;/h2-13H,1H3;1H2/b25-13+;. The Bertz CT molecular complexity index is 1270. The Morgan fingerprint density at radius 2 is 1.66 bits per heavy atom. The molecule has 146 valence electrons. The first kappa shape index (κ1) is 20.0. The van der Waals surface area contributed by atoms with E-state index in [0.29, 0.717) is 27.7 Å². The maximum Gasteiger partial charge on any atom is 0.279 e. The summed E-state index contributed by atoms with van der Waals surface area (Å²) in [5, 5.41) is 5.36. The minimum atomic E-state index is -0.473. The normalized spacial score (nSPS) is 11.0. The lowest BCUT2D eigenvalue weighted by Gasteiger charge is -2.12. The van der Waals surface area contributed by atoms with Gasteiger partial charge in [-0.2, -0.15) is 9.78 Å². The van der Waals surface area contributed by atoms with Crippen molar-refractivity contribution < 1.29 is 14.3 Å². The third kappa shape index (κ3) is 3.68. The molecule has 0 saturated carbocycles. The maximum absolute atomic E-state index is 14.8. The molecule has 2 N–H and O–H groups in total. The summed E-state index contributed by atoms with van der Waals surface area (Å²) in [7, 11) is 1.61. The molecule has 5 nitrogen and oxygen atoms in total. The summed E-state index contributed by atoms with van der Waals surface area (Å²) < 4.78 is 29.3. The van der Waals surface area contributed by atoms with Crippen LogP contribution < -0.4 is 5.56 Å². The summed E-state index contributed by atoms with van der Waals surface area (Å²) >= 11 is 0. The van der Waals surface area contributed by atoms with E-state index in [4.69, 9.17) is 0 Å². The Balaban J connectivity index is 0.00000240. The highest BCUT2D eigenvalue weighted by Gasteiger charge is 2.16. The highest BCUT2D eigenvalue weighted by molar-refractivity contribution is 5.94. The van der Waals surface area contributed by atoms with Crippen molar-refractivity contribution in [3.8, 4) is 16.9 Å². The fourth-order valence-electron chi connectivity index (χ4n) is 3.10. The van der Waals surface area contributed by atoms with Crippen LogP contribution in [-0.2, 0) is 0 Å². The number of fused-ring (bicyclic) bond motifs is 1. The summed E-state index contributed by atoms with van der Waals surface area (Å²) in [6.45, 7) is 0. The van der Waals surface area contributed by atoms with Gasteiger partial charge in [-0.25, -0.2) is 8.78 Å². The molecule has 0 aliphatic heterocycles. The van der Waals surface area contributed by atoms with E-state index in [2.05, 4.69) is 10.1 Å². The smallest absolute Gasteiger partial charge is 0.279 e. The second-order valence-corrected chi connectivity index (χ2v) is 6.21. The van der Waals surface area contributed by atoms with Crippen LogP contribution in [0.3, 0.4) is 0 Å². The average Bonchev–Trinajstić information content (AvgIpc) is 2.70. The topological polar surface area (TPSA) is 78.8 Å². The molecule has 0 fully saturated rings. The second kappa shape index (κ2) is 8.12. The summed E-state index contributed by atoms with van der Waals surface area (Å²) in [4.78, 5) is 16.8. The summed E-state index contributed by atoms with van der Waals surface area (Å²) in [5.41, 5.74) is 1.26. The quantitative estimate of drug-likeness (QED) is 0.499. The van der Waals surface area contributed by atoms with E-state index in [1.165, 1.54) is 30.3 Å². The third-order valence-corrected chi connectivity index (χ3v) is 4.40. The lowest BCUT2D eigenvalue weighted by atomic mass is 10.0. The summed E-state index contributed by atoms with van der Waals surface area (Å²) in [6, 6.07) is 17.0. The van der Waals surface area contributed by atoms with Crippen molar-refractivity contribution in [3.63, 3.8) is 0 Å². The molecule has 1 heterocycles. The SMILES string of the molecule is C/N=C/c1ccc(-c2nn(-c3ccc(F)cc3)c(=O)c3ccccc23)c(F)c1.O.